The molecule has 2 aromatic heterocycles. The molecule has 5 heteroatoms. The first-order valence-electron chi connectivity index (χ1n) is 5.38. The van der Waals surface area contributed by atoms with E-state index in [0.29, 0.717) is 0 Å². The lowest BCUT2D eigenvalue weighted by Crippen LogP contribution is -2.17. The molecule has 86 valence electrons. The molecular formula is C11H17N5. The fraction of sp³-hybridized carbons (Fsp3) is 0.455. The Morgan fingerprint density at radius 2 is 2.25 bits per heavy atom. The molecule has 16 heavy (non-hydrogen) atoms. The van der Waals surface area contributed by atoms with E-state index in [1.807, 2.05) is 43.3 Å². The highest BCUT2D eigenvalue weighted by molar-refractivity contribution is 5.04. The minimum Gasteiger partial charge on any atom is -0.331 e. The van der Waals surface area contributed by atoms with Crippen LogP contribution in [0.3, 0.4) is 0 Å². The van der Waals surface area contributed by atoms with Crippen molar-refractivity contribution in [1.82, 2.24) is 19.3 Å². The molecule has 1 atom stereocenters. The summed E-state index contributed by atoms with van der Waals surface area (Å²) in [5, 5.41) is 4.32. The van der Waals surface area contributed by atoms with Crippen LogP contribution in [0.4, 0.5) is 0 Å². The van der Waals surface area contributed by atoms with Gasteiger partial charge in [-0.25, -0.2) is 4.98 Å². The summed E-state index contributed by atoms with van der Waals surface area (Å²) in [6, 6.07) is 2.16. The predicted molar refractivity (Wildman–Crippen MR) is 61.9 cm³/mol. The molecule has 2 aromatic rings. The van der Waals surface area contributed by atoms with Crippen molar-refractivity contribution in [3.05, 3.63) is 36.2 Å². The van der Waals surface area contributed by atoms with Crippen LogP contribution in [0.1, 0.15) is 18.3 Å². The molecule has 2 rings (SSSR count). The predicted octanol–water partition coefficient (Wildman–Crippen LogP) is 0.555. The van der Waals surface area contributed by atoms with E-state index in [9.17, 15) is 0 Å². The lowest BCUT2D eigenvalue weighted by atomic mass is 10.2. The molecule has 0 spiro atoms. The largest absolute Gasteiger partial charge is 0.331 e. The van der Waals surface area contributed by atoms with E-state index in [2.05, 4.69) is 10.1 Å². The van der Waals surface area contributed by atoms with Crippen LogP contribution in [0, 0.1) is 0 Å². The second-order valence-electron chi connectivity index (χ2n) is 4.20. The van der Waals surface area contributed by atoms with Crippen LogP contribution in [-0.4, -0.2) is 25.4 Å². The molecule has 0 saturated carbocycles. The third-order valence-electron chi connectivity index (χ3n) is 2.33. The Balaban J connectivity index is 2.02. The minimum atomic E-state index is 0.151. The Morgan fingerprint density at radius 3 is 2.88 bits per heavy atom. The third-order valence-corrected chi connectivity index (χ3v) is 2.33. The Labute approximate surface area is 94.9 Å². The fourth-order valence-corrected chi connectivity index (χ4v) is 1.66. The van der Waals surface area contributed by atoms with Crippen molar-refractivity contribution in [2.75, 3.05) is 0 Å². The number of imidazole rings is 1. The van der Waals surface area contributed by atoms with Crippen molar-refractivity contribution in [3.63, 3.8) is 0 Å². The summed E-state index contributed by atoms with van der Waals surface area (Å²) in [4.78, 5) is 4.31. The normalized spacial score (nSPS) is 12.9. The quantitative estimate of drug-likeness (QED) is 0.817. The zero-order chi connectivity index (χ0) is 11.5. The standard InChI is InChI=1S/C11H17N5/c1-9(12)5-11-7-16(8-13-11)6-10-3-4-15(2)14-10/h3-4,7-9H,5-6,12H2,1-2H3. The van der Waals surface area contributed by atoms with Crippen molar-refractivity contribution in [2.45, 2.75) is 25.9 Å². The molecule has 0 radical (unpaired) electrons. The topological polar surface area (TPSA) is 61.7 Å². The van der Waals surface area contributed by atoms with Gasteiger partial charge in [0, 0.05) is 31.9 Å². The van der Waals surface area contributed by atoms with Crippen LogP contribution in [0.2, 0.25) is 0 Å². The highest BCUT2D eigenvalue weighted by Crippen LogP contribution is 2.03. The number of hydrogen-bond donors (Lipinski definition) is 1. The monoisotopic (exact) mass is 219 g/mol. The first-order chi connectivity index (χ1) is 7.63. The maximum absolute atomic E-state index is 5.72. The van der Waals surface area contributed by atoms with E-state index in [0.717, 1.165) is 24.4 Å². The van der Waals surface area contributed by atoms with Gasteiger partial charge in [-0.1, -0.05) is 0 Å². The smallest absolute Gasteiger partial charge is 0.0953 e. The van der Waals surface area contributed by atoms with E-state index in [-0.39, 0.29) is 6.04 Å². The number of nitrogens with zero attached hydrogens (tertiary/aromatic N) is 4. The van der Waals surface area contributed by atoms with Crippen molar-refractivity contribution < 1.29 is 0 Å². The van der Waals surface area contributed by atoms with Gasteiger partial charge in [-0.3, -0.25) is 4.68 Å². The third kappa shape index (κ3) is 2.70. The Kier molecular flexibility index (Phi) is 3.05. The zero-order valence-electron chi connectivity index (χ0n) is 9.67. The lowest BCUT2D eigenvalue weighted by molar-refractivity contribution is 0.702. The molecule has 0 aliphatic heterocycles. The van der Waals surface area contributed by atoms with E-state index in [1.54, 1.807) is 4.68 Å². The van der Waals surface area contributed by atoms with E-state index in [4.69, 9.17) is 5.73 Å². The summed E-state index contributed by atoms with van der Waals surface area (Å²) >= 11 is 0. The molecule has 2 heterocycles. The summed E-state index contributed by atoms with van der Waals surface area (Å²) < 4.78 is 3.83. The van der Waals surface area contributed by atoms with Gasteiger partial charge >= 0.3 is 0 Å². The number of aromatic nitrogens is 4. The minimum absolute atomic E-state index is 0.151. The molecule has 0 fully saturated rings. The highest BCUT2D eigenvalue weighted by atomic mass is 15.3. The summed E-state index contributed by atoms with van der Waals surface area (Å²) in [6.45, 7) is 2.74. The van der Waals surface area contributed by atoms with Crippen LogP contribution in [-0.2, 0) is 20.0 Å². The highest BCUT2D eigenvalue weighted by Gasteiger charge is 2.03. The molecule has 1 unspecified atom stereocenters. The summed E-state index contributed by atoms with van der Waals surface area (Å²) in [5.41, 5.74) is 7.79. The average molecular weight is 219 g/mol. The Hall–Kier alpha value is -1.62. The Morgan fingerprint density at radius 1 is 1.44 bits per heavy atom. The molecule has 0 aliphatic rings. The van der Waals surface area contributed by atoms with Crippen molar-refractivity contribution in [1.29, 1.82) is 0 Å². The Bertz CT molecular complexity index is 454. The zero-order valence-corrected chi connectivity index (χ0v) is 9.67. The molecule has 0 amide bonds. The van der Waals surface area contributed by atoms with Gasteiger partial charge in [0.15, 0.2) is 0 Å². The van der Waals surface area contributed by atoms with E-state index >= 15 is 0 Å². The van der Waals surface area contributed by atoms with E-state index < -0.39 is 0 Å². The van der Waals surface area contributed by atoms with Gasteiger partial charge in [-0.05, 0) is 13.0 Å². The molecule has 0 aromatic carbocycles. The van der Waals surface area contributed by atoms with Gasteiger partial charge in [-0.2, -0.15) is 5.10 Å². The summed E-state index contributed by atoms with van der Waals surface area (Å²) in [5.74, 6) is 0. The van der Waals surface area contributed by atoms with Gasteiger partial charge in [-0.15, -0.1) is 0 Å². The first-order valence-corrected chi connectivity index (χ1v) is 5.38. The van der Waals surface area contributed by atoms with Crippen molar-refractivity contribution >= 4 is 0 Å². The van der Waals surface area contributed by atoms with E-state index in [1.165, 1.54) is 0 Å². The van der Waals surface area contributed by atoms with Crippen LogP contribution in [0.25, 0.3) is 0 Å². The second-order valence-corrected chi connectivity index (χ2v) is 4.20. The molecule has 0 saturated heterocycles. The van der Waals surface area contributed by atoms with Gasteiger partial charge < -0.3 is 10.3 Å². The van der Waals surface area contributed by atoms with Crippen molar-refractivity contribution in [3.8, 4) is 0 Å². The number of nitrogens with two attached hydrogens (primary N) is 1. The molecule has 0 aliphatic carbocycles. The van der Waals surface area contributed by atoms with Gasteiger partial charge in [0.05, 0.1) is 24.3 Å². The average Bonchev–Trinajstić information content (AvgIpc) is 2.76. The van der Waals surface area contributed by atoms with Crippen LogP contribution in [0.15, 0.2) is 24.8 Å². The molecule has 0 bridgehead atoms. The second kappa shape index (κ2) is 4.49. The molecular weight excluding hydrogens is 202 g/mol. The summed E-state index contributed by atoms with van der Waals surface area (Å²) in [6.07, 6.45) is 6.61. The van der Waals surface area contributed by atoms with Crippen LogP contribution >= 0.6 is 0 Å². The van der Waals surface area contributed by atoms with Gasteiger partial charge in [0.2, 0.25) is 0 Å². The number of rotatable bonds is 4. The maximum Gasteiger partial charge on any atom is 0.0953 e. The maximum atomic E-state index is 5.72. The SMILES string of the molecule is CC(N)Cc1cn(Cc2ccn(C)n2)cn1. The van der Waals surface area contributed by atoms with Crippen molar-refractivity contribution in [2.24, 2.45) is 12.8 Å². The van der Waals surface area contributed by atoms with Gasteiger partial charge in [0.1, 0.15) is 0 Å². The molecule has 2 N–H and O–H groups in total. The summed E-state index contributed by atoms with van der Waals surface area (Å²) in [7, 11) is 1.92. The fourth-order valence-electron chi connectivity index (χ4n) is 1.66. The lowest BCUT2D eigenvalue weighted by Gasteiger charge is -2.00. The number of hydrogen-bond acceptors (Lipinski definition) is 3. The van der Waals surface area contributed by atoms with Crippen LogP contribution in [0.5, 0.6) is 0 Å². The first kappa shape index (κ1) is 10.9. The van der Waals surface area contributed by atoms with Crippen LogP contribution < -0.4 is 5.73 Å². The number of aryl methyl sites for hydroxylation is 1. The molecule has 5 nitrogen and oxygen atoms in total. The van der Waals surface area contributed by atoms with Gasteiger partial charge in [0.25, 0.3) is 0 Å².